The van der Waals surface area contributed by atoms with Crippen molar-refractivity contribution in [2.45, 2.75) is 17.3 Å². The van der Waals surface area contributed by atoms with E-state index in [0.29, 0.717) is 20.9 Å². The van der Waals surface area contributed by atoms with Gasteiger partial charge < -0.3 is 5.32 Å². The molecule has 140 valence electrons. The molecule has 1 amide bonds. The standard InChI is InChI=1S/C17H12Cl4N4OS/c1-9(16(26)23-15-13(20)6-11(19)7-14(15)21)27-17-24-22-8-25(17)12-4-2-3-10(18)5-12/h2-9H,1H3,(H,23,26). The van der Waals surface area contributed by atoms with E-state index in [4.69, 9.17) is 46.4 Å². The molecule has 0 aliphatic rings. The van der Waals surface area contributed by atoms with Crippen molar-refractivity contribution < 1.29 is 4.79 Å². The molecule has 0 saturated carbocycles. The predicted octanol–water partition coefficient (Wildman–Crippen LogP) is 6.00. The van der Waals surface area contributed by atoms with Gasteiger partial charge in [-0.2, -0.15) is 0 Å². The molecule has 3 aromatic rings. The Morgan fingerprint density at radius 1 is 1.11 bits per heavy atom. The van der Waals surface area contributed by atoms with E-state index >= 15 is 0 Å². The summed E-state index contributed by atoms with van der Waals surface area (Å²) in [4.78, 5) is 12.6. The van der Waals surface area contributed by atoms with Crippen molar-refractivity contribution in [3.8, 4) is 5.69 Å². The number of halogens is 4. The van der Waals surface area contributed by atoms with E-state index in [-0.39, 0.29) is 16.0 Å². The molecule has 3 rings (SSSR count). The fourth-order valence-corrected chi connectivity index (χ4v) is 4.14. The van der Waals surface area contributed by atoms with Crippen LogP contribution >= 0.6 is 58.2 Å². The van der Waals surface area contributed by atoms with Crippen molar-refractivity contribution in [2.24, 2.45) is 0 Å². The quantitative estimate of drug-likeness (QED) is 0.473. The molecule has 10 heteroatoms. The zero-order valence-electron chi connectivity index (χ0n) is 13.8. The van der Waals surface area contributed by atoms with Crippen molar-refractivity contribution >= 4 is 69.8 Å². The van der Waals surface area contributed by atoms with Crippen LogP contribution in [0.4, 0.5) is 5.69 Å². The van der Waals surface area contributed by atoms with Crippen molar-refractivity contribution in [3.05, 3.63) is 62.8 Å². The molecule has 1 unspecified atom stereocenters. The summed E-state index contributed by atoms with van der Waals surface area (Å²) >= 11 is 25.4. The van der Waals surface area contributed by atoms with Gasteiger partial charge in [0.05, 0.1) is 26.7 Å². The van der Waals surface area contributed by atoms with Gasteiger partial charge in [-0.05, 0) is 37.3 Å². The van der Waals surface area contributed by atoms with Gasteiger partial charge in [-0.1, -0.05) is 64.2 Å². The molecule has 0 saturated heterocycles. The van der Waals surface area contributed by atoms with Gasteiger partial charge in [-0.25, -0.2) is 0 Å². The number of carbonyl (C=O) groups excluding carboxylic acids is 1. The lowest BCUT2D eigenvalue weighted by molar-refractivity contribution is -0.115. The summed E-state index contributed by atoms with van der Waals surface area (Å²) in [5.74, 6) is -0.285. The van der Waals surface area contributed by atoms with Crippen molar-refractivity contribution in [2.75, 3.05) is 5.32 Å². The minimum absolute atomic E-state index is 0.264. The molecule has 0 spiro atoms. The number of hydrogen-bond donors (Lipinski definition) is 1. The third-order valence-corrected chi connectivity index (χ3v) is 5.62. The van der Waals surface area contributed by atoms with Crippen LogP contribution in [0.5, 0.6) is 0 Å². The van der Waals surface area contributed by atoms with E-state index in [2.05, 4.69) is 15.5 Å². The van der Waals surface area contributed by atoms with Crippen molar-refractivity contribution in [3.63, 3.8) is 0 Å². The Bertz CT molecular complexity index is 972. The predicted molar refractivity (Wildman–Crippen MR) is 112 cm³/mol. The number of rotatable bonds is 5. The fourth-order valence-electron chi connectivity index (χ4n) is 2.21. The highest BCUT2D eigenvalue weighted by Gasteiger charge is 2.20. The van der Waals surface area contributed by atoms with Gasteiger partial charge >= 0.3 is 0 Å². The van der Waals surface area contributed by atoms with E-state index in [9.17, 15) is 4.79 Å². The Morgan fingerprint density at radius 2 is 1.81 bits per heavy atom. The number of amides is 1. The molecule has 0 aliphatic heterocycles. The van der Waals surface area contributed by atoms with E-state index in [1.54, 1.807) is 30.0 Å². The number of carbonyl (C=O) groups is 1. The van der Waals surface area contributed by atoms with Gasteiger partial charge in [-0.15, -0.1) is 10.2 Å². The van der Waals surface area contributed by atoms with Crippen LogP contribution in [0.15, 0.2) is 47.9 Å². The largest absolute Gasteiger partial charge is 0.323 e. The first-order chi connectivity index (χ1) is 12.8. The molecule has 1 aromatic heterocycles. The lowest BCUT2D eigenvalue weighted by atomic mass is 10.3. The first-order valence-corrected chi connectivity index (χ1v) is 10.0. The van der Waals surface area contributed by atoms with Crippen LogP contribution < -0.4 is 5.32 Å². The number of thioether (sulfide) groups is 1. The van der Waals surface area contributed by atoms with Gasteiger partial charge in [0.25, 0.3) is 0 Å². The Morgan fingerprint density at radius 3 is 2.48 bits per heavy atom. The molecule has 5 nitrogen and oxygen atoms in total. The summed E-state index contributed by atoms with van der Waals surface area (Å²) < 4.78 is 1.75. The molecule has 27 heavy (non-hydrogen) atoms. The normalized spacial score (nSPS) is 12.0. The topological polar surface area (TPSA) is 59.8 Å². The maximum Gasteiger partial charge on any atom is 0.237 e. The molecule has 0 bridgehead atoms. The van der Waals surface area contributed by atoms with Crippen molar-refractivity contribution in [1.29, 1.82) is 0 Å². The highest BCUT2D eigenvalue weighted by Crippen LogP contribution is 2.34. The minimum atomic E-state index is -0.491. The van der Waals surface area contributed by atoms with Crippen LogP contribution in [0, 0.1) is 0 Å². The molecule has 1 atom stereocenters. The molecular weight excluding hydrogens is 450 g/mol. The third kappa shape index (κ3) is 4.89. The maximum atomic E-state index is 12.6. The molecule has 0 aliphatic carbocycles. The maximum absolute atomic E-state index is 12.6. The van der Waals surface area contributed by atoms with Gasteiger partial charge in [0.2, 0.25) is 5.91 Å². The second-order valence-corrected chi connectivity index (χ2v) is 8.45. The summed E-state index contributed by atoms with van der Waals surface area (Å²) in [6.07, 6.45) is 1.56. The molecule has 0 radical (unpaired) electrons. The summed E-state index contributed by atoms with van der Waals surface area (Å²) in [5.41, 5.74) is 1.11. The molecule has 1 heterocycles. The number of nitrogens with one attached hydrogen (secondary N) is 1. The number of anilines is 1. The van der Waals surface area contributed by atoms with Gasteiger partial charge in [0.15, 0.2) is 5.16 Å². The highest BCUT2D eigenvalue weighted by atomic mass is 35.5. The second-order valence-electron chi connectivity index (χ2n) is 5.46. The Balaban J connectivity index is 1.76. The summed E-state index contributed by atoms with van der Waals surface area (Å²) in [5, 5.41) is 12.3. The van der Waals surface area contributed by atoms with Gasteiger partial charge in [0.1, 0.15) is 6.33 Å². The molecule has 2 aromatic carbocycles. The Hall–Kier alpha value is -1.44. The van der Waals surface area contributed by atoms with E-state index in [0.717, 1.165) is 5.69 Å². The number of hydrogen-bond acceptors (Lipinski definition) is 4. The zero-order chi connectivity index (χ0) is 19.6. The first-order valence-electron chi connectivity index (χ1n) is 7.63. The van der Waals surface area contributed by atoms with E-state index < -0.39 is 5.25 Å². The van der Waals surface area contributed by atoms with E-state index in [1.807, 2.05) is 12.1 Å². The second kappa shape index (κ2) is 8.71. The monoisotopic (exact) mass is 460 g/mol. The van der Waals surface area contributed by atoms with Crippen LogP contribution in [0.25, 0.3) is 5.69 Å². The van der Waals surface area contributed by atoms with E-state index in [1.165, 1.54) is 23.9 Å². The van der Waals surface area contributed by atoms with Gasteiger partial charge in [-0.3, -0.25) is 9.36 Å². The van der Waals surface area contributed by atoms with Crippen LogP contribution in [-0.2, 0) is 4.79 Å². The lowest BCUT2D eigenvalue weighted by Crippen LogP contribution is -2.23. The summed E-state index contributed by atoms with van der Waals surface area (Å²) in [6, 6.07) is 10.3. The highest BCUT2D eigenvalue weighted by molar-refractivity contribution is 8.00. The number of nitrogens with zero attached hydrogens (tertiary/aromatic N) is 3. The third-order valence-electron chi connectivity index (χ3n) is 3.51. The minimum Gasteiger partial charge on any atom is -0.323 e. The number of benzene rings is 2. The van der Waals surface area contributed by atoms with Crippen molar-refractivity contribution in [1.82, 2.24) is 14.8 Å². The van der Waals surface area contributed by atoms with Crippen LogP contribution in [0.2, 0.25) is 20.1 Å². The molecule has 1 N–H and O–H groups in total. The fraction of sp³-hybridized carbons (Fsp3) is 0.118. The SMILES string of the molecule is CC(Sc1nncn1-c1cccc(Cl)c1)C(=O)Nc1c(Cl)cc(Cl)cc1Cl. The van der Waals surface area contributed by atoms with Crippen LogP contribution in [0.3, 0.4) is 0 Å². The lowest BCUT2D eigenvalue weighted by Gasteiger charge is -2.14. The zero-order valence-corrected chi connectivity index (χ0v) is 17.6. The average molecular weight is 462 g/mol. The Labute approximate surface area is 180 Å². The summed E-state index contributed by atoms with van der Waals surface area (Å²) in [6.45, 7) is 1.74. The molecule has 0 fully saturated rings. The van der Waals surface area contributed by atoms with Gasteiger partial charge in [0, 0.05) is 10.0 Å². The molecular formula is C17H12Cl4N4OS. The first kappa shape index (κ1) is 20.3. The van der Waals surface area contributed by atoms with Crippen LogP contribution in [0.1, 0.15) is 6.92 Å². The smallest absolute Gasteiger partial charge is 0.237 e. The Kier molecular flexibility index (Phi) is 6.55. The summed E-state index contributed by atoms with van der Waals surface area (Å²) in [7, 11) is 0. The number of aromatic nitrogens is 3. The van der Waals surface area contributed by atoms with Crippen LogP contribution in [-0.4, -0.2) is 25.9 Å². The average Bonchev–Trinajstić information content (AvgIpc) is 3.06.